The summed E-state index contributed by atoms with van der Waals surface area (Å²) in [4.78, 5) is 19.9. The van der Waals surface area contributed by atoms with Gasteiger partial charge >= 0.3 is 12.3 Å². The highest BCUT2D eigenvalue weighted by molar-refractivity contribution is 5.87. The van der Waals surface area contributed by atoms with Crippen LogP contribution in [0.15, 0.2) is 51.6 Å². The number of carboxylic acid groups (broad SMARTS) is 1. The van der Waals surface area contributed by atoms with Crippen molar-refractivity contribution in [3.8, 4) is 28.5 Å². The number of fused-ring (bicyclic) bond motifs is 3. The van der Waals surface area contributed by atoms with Gasteiger partial charge in [0.25, 0.3) is 0 Å². The first-order chi connectivity index (χ1) is 20.6. The van der Waals surface area contributed by atoms with E-state index in [9.17, 15) is 18.0 Å². The minimum atomic E-state index is -4.84. The minimum absolute atomic E-state index is 0.0726. The average molecular weight is 597 g/mol. The molecule has 224 valence electrons. The highest BCUT2D eigenvalue weighted by Gasteiger charge is 2.53. The maximum absolute atomic E-state index is 13.1. The molecule has 4 aliphatic rings. The van der Waals surface area contributed by atoms with Gasteiger partial charge in [0.15, 0.2) is 0 Å². The lowest BCUT2D eigenvalue weighted by atomic mass is 9.58. The third-order valence-electron chi connectivity index (χ3n) is 8.95. The molecule has 0 atom stereocenters. The van der Waals surface area contributed by atoms with Gasteiger partial charge in [-0.15, -0.1) is 13.2 Å². The van der Waals surface area contributed by atoms with Crippen LogP contribution in [0.5, 0.6) is 5.75 Å². The van der Waals surface area contributed by atoms with Gasteiger partial charge in [0, 0.05) is 23.2 Å². The maximum Gasteiger partial charge on any atom is 0.573 e. The third kappa shape index (κ3) is 5.26. The van der Waals surface area contributed by atoms with Crippen LogP contribution >= 0.6 is 0 Å². The molecule has 1 N–H and O–H groups in total. The van der Waals surface area contributed by atoms with Gasteiger partial charge in [-0.3, -0.25) is 4.98 Å². The van der Waals surface area contributed by atoms with Gasteiger partial charge in [-0.05, 0) is 75.6 Å². The van der Waals surface area contributed by atoms with Crippen LogP contribution in [0.2, 0.25) is 0 Å². The number of alkyl halides is 3. The molecular weight excluding hydrogens is 569 g/mol. The number of aromatic carboxylic acids is 1. The number of para-hydroxylation sites is 1. The van der Waals surface area contributed by atoms with Gasteiger partial charge < -0.3 is 23.6 Å². The van der Waals surface area contributed by atoms with E-state index in [2.05, 4.69) is 25.0 Å². The first-order valence-corrected chi connectivity index (χ1v) is 14.2. The van der Waals surface area contributed by atoms with Crippen molar-refractivity contribution < 1.29 is 41.6 Å². The zero-order valence-corrected chi connectivity index (χ0v) is 22.9. The van der Waals surface area contributed by atoms with E-state index in [-0.39, 0.29) is 34.8 Å². The molecule has 43 heavy (non-hydrogen) atoms. The highest BCUT2D eigenvalue weighted by atomic mass is 19.4. The molecule has 8 rings (SSSR count). The molecule has 1 aromatic carbocycles. The normalized spacial score (nSPS) is 23.4. The molecule has 0 unspecified atom stereocenters. The fourth-order valence-electron chi connectivity index (χ4n) is 6.32. The molecule has 4 saturated carbocycles. The summed E-state index contributed by atoms with van der Waals surface area (Å²) in [6.07, 6.45) is 2.86. The lowest BCUT2D eigenvalue weighted by Gasteiger charge is -2.51. The second-order valence-electron chi connectivity index (χ2n) is 11.6. The van der Waals surface area contributed by atoms with Crippen molar-refractivity contribution in [1.82, 2.24) is 20.3 Å². The van der Waals surface area contributed by atoms with E-state index in [0.29, 0.717) is 34.4 Å². The topological polar surface area (TPSA) is 134 Å². The Kier molecular flexibility index (Phi) is 6.53. The van der Waals surface area contributed by atoms with Crippen LogP contribution in [0.3, 0.4) is 0 Å². The van der Waals surface area contributed by atoms with Crippen molar-refractivity contribution in [2.24, 2.45) is 0 Å². The number of benzene rings is 1. The number of carbonyl (C=O) groups is 1. The van der Waals surface area contributed by atoms with E-state index in [1.807, 2.05) is 0 Å². The van der Waals surface area contributed by atoms with Crippen LogP contribution < -0.4 is 4.74 Å². The molecule has 10 nitrogen and oxygen atoms in total. The Balaban J connectivity index is 1.07. The number of nitrogens with zero attached hydrogens (tertiary/aromatic N) is 4. The van der Waals surface area contributed by atoms with Crippen molar-refractivity contribution >= 4 is 5.97 Å². The van der Waals surface area contributed by atoms with E-state index in [4.69, 9.17) is 18.9 Å². The molecule has 0 amide bonds. The van der Waals surface area contributed by atoms with Crippen LogP contribution in [-0.4, -0.2) is 43.3 Å². The Hall–Kier alpha value is -4.26. The van der Waals surface area contributed by atoms with Gasteiger partial charge in [0.1, 0.15) is 22.9 Å². The van der Waals surface area contributed by atoms with Crippen LogP contribution in [0.1, 0.15) is 84.9 Å². The maximum atomic E-state index is 13.1. The zero-order valence-electron chi connectivity index (χ0n) is 22.9. The van der Waals surface area contributed by atoms with E-state index >= 15 is 0 Å². The molecular formula is C30H27F3N4O6. The molecule has 0 radical (unpaired) electrons. The SMILES string of the molecule is O=C(O)c1ccc(-c2noc(C34CCC(OCc5c(-c6ccccc6OC(F)(F)F)noc5C5CC5)(CC3)CC4)n2)nc1. The summed E-state index contributed by atoms with van der Waals surface area (Å²) < 4.78 is 61.7. The lowest BCUT2D eigenvalue weighted by molar-refractivity contribution is -0.274. The first-order valence-electron chi connectivity index (χ1n) is 14.2. The Morgan fingerprint density at radius 2 is 1.74 bits per heavy atom. The summed E-state index contributed by atoms with van der Waals surface area (Å²) in [6, 6.07) is 8.93. The highest BCUT2D eigenvalue weighted by Crippen LogP contribution is 2.55. The average Bonchev–Trinajstić information content (AvgIpc) is 3.55. The molecule has 3 heterocycles. The molecule has 3 aromatic heterocycles. The summed E-state index contributed by atoms with van der Waals surface area (Å²) in [5.41, 5.74) is 1.01. The van der Waals surface area contributed by atoms with Gasteiger partial charge in [-0.1, -0.05) is 22.4 Å². The minimum Gasteiger partial charge on any atom is -0.478 e. The zero-order chi connectivity index (χ0) is 29.8. The predicted molar refractivity (Wildman–Crippen MR) is 142 cm³/mol. The lowest BCUT2D eigenvalue weighted by Crippen LogP contribution is -2.49. The number of pyridine rings is 1. The van der Waals surface area contributed by atoms with Gasteiger partial charge in [0.05, 0.1) is 23.2 Å². The summed E-state index contributed by atoms with van der Waals surface area (Å²) in [6.45, 7) is 0.167. The van der Waals surface area contributed by atoms with E-state index in [0.717, 1.165) is 51.4 Å². The number of aromatic nitrogens is 4. The largest absolute Gasteiger partial charge is 0.573 e. The number of carboxylic acids is 1. The van der Waals surface area contributed by atoms with E-state index < -0.39 is 17.9 Å². The van der Waals surface area contributed by atoms with Crippen LogP contribution in [0.4, 0.5) is 13.2 Å². The van der Waals surface area contributed by atoms with Gasteiger partial charge in [-0.2, -0.15) is 4.98 Å². The number of rotatable bonds is 9. The van der Waals surface area contributed by atoms with Crippen molar-refractivity contribution in [3.63, 3.8) is 0 Å². The number of hydrogen-bond donors (Lipinski definition) is 1. The molecule has 0 aliphatic heterocycles. The molecule has 0 saturated heterocycles. The molecule has 4 fully saturated rings. The summed E-state index contributed by atoms with van der Waals surface area (Å²) >= 11 is 0. The van der Waals surface area contributed by atoms with Crippen LogP contribution in [-0.2, 0) is 16.8 Å². The molecule has 2 bridgehead atoms. The quantitative estimate of drug-likeness (QED) is 0.219. The molecule has 4 aliphatic carbocycles. The van der Waals surface area contributed by atoms with Crippen LogP contribution in [0.25, 0.3) is 22.8 Å². The van der Waals surface area contributed by atoms with Crippen molar-refractivity contribution in [2.45, 2.75) is 81.3 Å². The second kappa shape index (κ2) is 10.2. The third-order valence-corrected chi connectivity index (χ3v) is 8.95. The van der Waals surface area contributed by atoms with E-state index in [1.165, 1.54) is 24.4 Å². The monoisotopic (exact) mass is 596 g/mol. The summed E-state index contributed by atoms with van der Waals surface area (Å²) in [7, 11) is 0. The Morgan fingerprint density at radius 3 is 2.40 bits per heavy atom. The standard InChI is InChI=1S/C30H27F3N4O6/c31-30(32,33)41-22-4-2-1-3-19(22)23-20(24(42-36-23)17-5-6-17)16-40-29-12-9-28(10-13-29,11-14-29)27-35-25(37-43-27)21-8-7-18(15-34-21)26(38)39/h1-4,7-8,15,17H,5-6,9-14,16H2,(H,38,39). The van der Waals surface area contributed by atoms with Crippen molar-refractivity contribution in [2.75, 3.05) is 0 Å². The van der Waals surface area contributed by atoms with E-state index in [1.54, 1.807) is 18.2 Å². The van der Waals surface area contributed by atoms with Crippen LogP contribution in [0, 0.1) is 0 Å². The fraction of sp³-hybridized carbons (Fsp3) is 0.433. The van der Waals surface area contributed by atoms with Gasteiger partial charge in [0.2, 0.25) is 11.7 Å². The first kappa shape index (κ1) is 27.6. The molecule has 4 aromatic rings. The summed E-state index contributed by atoms with van der Waals surface area (Å²) in [5, 5.41) is 17.4. The number of ether oxygens (including phenoxy) is 2. The molecule has 13 heteroatoms. The Bertz CT molecular complexity index is 1640. The summed E-state index contributed by atoms with van der Waals surface area (Å²) in [5.74, 6) is 0.293. The fourth-order valence-corrected chi connectivity index (χ4v) is 6.32. The Labute approximate surface area is 243 Å². The van der Waals surface area contributed by atoms with Crippen molar-refractivity contribution in [3.05, 3.63) is 65.4 Å². The Morgan fingerprint density at radius 1 is 1.00 bits per heavy atom. The smallest absolute Gasteiger partial charge is 0.478 e. The number of halogens is 3. The predicted octanol–water partition coefficient (Wildman–Crippen LogP) is 6.82. The molecule has 0 spiro atoms. The van der Waals surface area contributed by atoms with Crippen molar-refractivity contribution in [1.29, 1.82) is 0 Å². The number of hydrogen-bond acceptors (Lipinski definition) is 9. The second-order valence-corrected chi connectivity index (χ2v) is 11.6. The van der Waals surface area contributed by atoms with Gasteiger partial charge in [-0.25, -0.2) is 4.79 Å².